The van der Waals surface area contributed by atoms with Crippen molar-refractivity contribution in [3.05, 3.63) is 0 Å². The van der Waals surface area contributed by atoms with Crippen molar-refractivity contribution in [1.82, 2.24) is 10.6 Å². The van der Waals surface area contributed by atoms with Crippen LogP contribution in [0.5, 0.6) is 0 Å². The Morgan fingerprint density at radius 2 is 2.22 bits per heavy atom. The van der Waals surface area contributed by atoms with E-state index in [1.165, 1.54) is 24.3 Å². The fourth-order valence-corrected chi connectivity index (χ4v) is 2.90. The summed E-state index contributed by atoms with van der Waals surface area (Å²) in [5, 5.41) is 6.93. The van der Waals surface area contributed by atoms with Crippen molar-refractivity contribution in [2.45, 2.75) is 37.5 Å². The number of rotatable bonds is 4. The molecular formula is C12H26IN3S2. The number of hydrogen-bond acceptors (Lipinski definition) is 3. The van der Waals surface area contributed by atoms with Crippen LogP contribution in [-0.4, -0.2) is 48.1 Å². The van der Waals surface area contributed by atoms with E-state index in [2.05, 4.69) is 35.7 Å². The minimum Gasteiger partial charge on any atom is -0.355 e. The summed E-state index contributed by atoms with van der Waals surface area (Å²) in [5.74, 6) is 3.45. The van der Waals surface area contributed by atoms with E-state index in [0.717, 1.165) is 12.5 Å². The summed E-state index contributed by atoms with van der Waals surface area (Å²) >= 11 is 3.91. The van der Waals surface area contributed by atoms with Gasteiger partial charge in [0, 0.05) is 30.1 Å². The summed E-state index contributed by atoms with van der Waals surface area (Å²) in [5.41, 5.74) is 0. The van der Waals surface area contributed by atoms with E-state index in [1.54, 1.807) is 0 Å². The predicted octanol–water partition coefficient (Wildman–Crippen LogP) is 2.81. The van der Waals surface area contributed by atoms with Gasteiger partial charge in [-0.05, 0) is 38.7 Å². The molecule has 2 N–H and O–H groups in total. The van der Waals surface area contributed by atoms with E-state index in [0.29, 0.717) is 6.04 Å². The molecule has 0 aromatic carbocycles. The van der Waals surface area contributed by atoms with E-state index >= 15 is 0 Å². The Bertz CT molecular complexity index is 254. The fraction of sp³-hybridized carbons (Fsp3) is 0.917. The first-order valence-corrected chi connectivity index (χ1v) is 8.55. The highest BCUT2D eigenvalue weighted by molar-refractivity contribution is 14.0. The van der Waals surface area contributed by atoms with Crippen LogP contribution < -0.4 is 10.6 Å². The highest BCUT2D eigenvalue weighted by atomic mass is 127. The van der Waals surface area contributed by atoms with Gasteiger partial charge in [-0.25, -0.2) is 0 Å². The zero-order valence-electron chi connectivity index (χ0n) is 11.8. The van der Waals surface area contributed by atoms with Crippen molar-refractivity contribution >= 4 is 53.5 Å². The van der Waals surface area contributed by atoms with E-state index < -0.39 is 0 Å². The first-order chi connectivity index (χ1) is 8.07. The van der Waals surface area contributed by atoms with Gasteiger partial charge >= 0.3 is 0 Å². The topological polar surface area (TPSA) is 36.4 Å². The molecule has 1 aliphatic heterocycles. The number of nitrogens with zero attached hydrogens (tertiary/aromatic N) is 1. The molecule has 1 fully saturated rings. The van der Waals surface area contributed by atoms with Gasteiger partial charge in [-0.15, -0.1) is 24.0 Å². The van der Waals surface area contributed by atoms with Gasteiger partial charge in [0.15, 0.2) is 5.96 Å². The first-order valence-electron chi connectivity index (χ1n) is 6.17. The standard InChI is InChI=1S/C12H25N3S2.HI/c1-12(2,16-4)9-14-11(13-3)15-10-6-5-7-17-8-10;/h10H,5-9H2,1-4H3,(H2,13,14,15);1H. The number of hydrogen-bond donors (Lipinski definition) is 2. The summed E-state index contributed by atoms with van der Waals surface area (Å²) in [6.45, 7) is 5.43. The molecule has 0 aliphatic carbocycles. The van der Waals surface area contributed by atoms with Crippen LogP contribution >= 0.6 is 47.5 Å². The Morgan fingerprint density at radius 1 is 1.50 bits per heavy atom. The summed E-state index contributed by atoms with van der Waals surface area (Å²) in [6.07, 6.45) is 4.73. The van der Waals surface area contributed by atoms with Crippen molar-refractivity contribution < 1.29 is 0 Å². The second kappa shape index (κ2) is 9.58. The molecule has 3 nitrogen and oxygen atoms in total. The zero-order valence-corrected chi connectivity index (χ0v) is 15.7. The molecule has 1 saturated heterocycles. The molecule has 1 rings (SSSR count). The summed E-state index contributed by atoms with van der Waals surface area (Å²) in [7, 11) is 1.84. The number of aliphatic imine (C=N–C) groups is 1. The van der Waals surface area contributed by atoms with Crippen LogP contribution in [0.25, 0.3) is 0 Å². The average Bonchev–Trinajstić information content (AvgIpc) is 2.35. The van der Waals surface area contributed by atoms with Crippen molar-refractivity contribution in [3.63, 3.8) is 0 Å². The average molecular weight is 403 g/mol. The zero-order chi connectivity index (χ0) is 12.7. The maximum atomic E-state index is 4.30. The summed E-state index contributed by atoms with van der Waals surface area (Å²) in [6, 6.07) is 0.581. The van der Waals surface area contributed by atoms with Crippen LogP contribution in [0.3, 0.4) is 0 Å². The lowest BCUT2D eigenvalue weighted by Crippen LogP contribution is -2.48. The Hall–Kier alpha value is 0.700. The smallest absolute Gasteiger partial charge is 0.191 e. The van der Waals surface area contributed by atoms with Gasteiger partial charge < -0.3 is 10.6 Å². The van der Waals surface area contributed by atoms with Crippen LogP contribution in [0.15, 0.2) is 4.99 Å². The van der Waals surface area contributed by atoms with E-state index in [-0.39, 0.29) is 28.7 Å². The number of thioether (sulfide) groups is 2. The lowest BCUT2D eigenvalue weighted by molar-refractivity contribution is 0.575. The minimum absolute atomic E-state index is 0. The van der Waals surface area contributed by atoms with Gasteiger partial charge in [0.25, 0.3) is 0 Å². The van der Waals surface area contributed by atoms with Crippen LogP contribution in [-0.2, 0) is 0 Å². The Labute approximate surface area is 137 Å². The maximum absolute atomic E-state index is 4.30. The molecule has 6 heteroatoms. The van der Waals surface area contributed by atoms with Crippen LogP contribution in [0.4, 0.5) is 0 Å². The van der Waals surface area contributed by atoms with Crippen LogP contribution in [0.1, 0.15) is 26.7 Å². The van der Waals surface area contributed by atoms with Crippen LogP contribution in [0, 0.1) is 0 Å². The number of nitrogens with one attached hydrogen (secondary N) is 2. The maximum Gasteiger partial charge on any atom is 0.191 e. The number of guanidine groups is 1. The van der Waals surface area contributed by atoms with E-state index in [4.69, 9.17) is 0 Å². The van der Waals surface area contributed by atoms with E-state index in [1.807, 2.05) is 30.6 Å². The lowest BCUT2D eigenvalue weighted by atomic mass is 10.2. The molecule has 1 heterocycles. The highest BCUT2D eigenvalue weighted by Crippen LogP contribution is 2.19. The Morgan fingerprint density at radius 3 is 2.72 bits per heavy atom. The van der Waals surface area contributed by atoms with Gasteiger partial charge in [0.1, 0.15) is 0 Å². The molecule has 1 atom stereocenters. The molecule has 108 valence electrons. The molecule has 1 unspecified atom stereocenters. The SMILES string of the molecule is CN=C(NCC(C)(C)SC)NC1CCCSC1.I. The minimum atomic E-state index is 0. The molecule has 0 saturated carbocycles. The molecule has 18 heavy (non-hydrogen) atoms. The molecular weight excluding hydrogens is 377 g/mol. The highest BCUT2D eigenvalue weighted by Gasteiger charge is 2.18. The van der Waals surface area contributed by atoms with Gasteiger partial charge in [0.2, 0.25) is 0 Å². The normalized spacial score (nSPS) is 21.1. The van der Waals surface area contributed by atoms with Crippen molar-refractivity contribution in [2.75, 3.05) is 31.4 Å². The second-order valence-corrected chi connectivity index (χ2v) is 7.61. The quantitative estimate of drug-likeness (QED) is 0.430. The fourth-order valence-electron chi connectivity index (χ4n) is 1.61. The summed E-state index contributed by atoms with van der Waals surface area (Å²) < 4.78 is 0.249. The lowest BCUT2D eigenvalue weighted by Gasteiger charge is -2.27. The molecule has 0 aromatic rings. The monoisotopic (exact) mass is 403 g/mol. The predicted molar refractivity (Wildman–Crippen MR) is 97.9 cm³/mol. The number of halogens is 1. The first kappa shape index (κ1) is 18.7. The third-order valence-electron chi connectivity index (χ3n) is 2.96. The third kappa shape index (κ3) is 7.33. The largest absolute Gasteiger partial charge is 0.355 e. The Balaban J connectivity index is 0.00000289. The molecule has 0 spiro atoms. The van der Waals surface area contributed by atoms with Gasteiger partial charge in [-0.1, -0.05) is 0 Å². The van der Waals surface area contributed by atoms with Crippen molar-refractivity contribution in [1.29, 1.82) is 0 Å². The second-order valence-electron chi connectivity index (χ2n) is 4.95. The van der Waals surface area contributed by atoms with Crippen molar-refractivity contribution in [2.24, 2.45) is 4.99 Å². The molecule has 0 radical (unpaired) electrons. The molecule has 0 amide bonds. The Kier molecular flexibility index (Phi) is 9.95. The molecule has 1 aliphatic rings. The van der Waals surface area contributed by atoms with Gasteiger partial charge in [-0.2, -0.15) is 23.5 Å². The summed E-state index contributed by atoms with van der Waals surface area (Å²) in [4.78, 5) is 4.30. The molecule has 0 aromatic heterocycles. The van der Waals surface area contributed by atoms with Crippen LogP contribution in [0.2, 0.25) is 0 Å². The van der Waals surface area contributed by atoms with Gasteiger partial charge in [-0.3, -0.25) is 4.99 Å². The van der Waals surface area contributed by atoms with E-state index in [9.17, 15) is 0 Å². The van der Waals surface area contributed by atoms with Crippen molar-refractivity contribution in [3.8, 4) is 0 Å². The molecule has 0 bridgehead atoms. The van der Waals surface area contributed by atoms with Gasteiger partial charge in [0.05, 0.1) is 0 Å². The third-order valence-corrected chi connectivity index (χ3v) is 5.42.